The Balaban J connectivity index is 2.18. The molecule has 1 rings (SSSR count). The van der Waals surface area contributed by atoms with Crippen LogP contribution in [0.4, 0.5) is 0 Å². The molecule has 0 aromatic rings. The molecule has 1 aliphatic heterocycles. The minimum Gasteiger partial charge on any atom is -0.344 e. The van der Waals surface area contributed by atoms with Crippen molar-refractivity contribution in [3.8, 4) is 12.3 Å². The van der Waals surface area contributed by atoms with E-state index in [1.54, 1.807) is 0 Å². The van der Waals surface area contributed by atoms with E-state index in [4.69, 9.17) is 6.42 Å². The van der Waals surface area contributed by atoms with Gasteiger partial charge < -0.3 is 10.2 Å². The zero-order chi connectivity index (χ0) is 10.4. The van der Waals surface area contributed by atoms with Crippen molar-refractivity contribution < 1.29 is 4.79 Å². The number of amides is 1. The lowest BCUT2D eigenvalue weighted by atomic mass is 10.3. The van der Waals surface area contributed by atoms with Gasteiger partial charge >= 0.3 is 0 Å². The van der Waals surface area contributed by atoms with Crippen LogP contribution in [0.25, 0.3) is 0 Å². The van der Waals surface area contributed by atoms with Gasteiger partial charge in [0.2, 0.25) is 5.91 Å². The number of hydrogen-bond acceptors (Lipinski definition) is 3. The Kier molecular flexibility index (Phi) is 4.44. The Morgan fingerprint density at radius 3 is 2.64 bits per heavy atom. The molecule has 1 aliphatic rings. The number of nitrogens with one attached hydrogen (secondary N) is 1. The molecule has 1 N–H and O–H groups in total. The lowest BCUT2D eigenvalue weighted by Gasteiger charge is -2.31. The largest absolute Gasteiger partial charge is 0.344 e. The van der Waals surface area contributed by atoms with Gasteiger partial charge in [0, 0.05) is 26.2 Å². The molecule has 0 aromatic carbocycles. The molecule has 0 radical (unpaired) electrons. The average molecular weight is 195 g/mol. The van der Waals surface area contributed by atoms with Crippen molar-refractivity contribution >= 4 is 5.91 Å². The van der Waals surface area contributed by atoms with Crippen LogP contribution >= 0.6 is 0 Å². The Morgan fingerprint density at radius 2 is 2.07 bits per heavy atom. The van der Waals surface area contributed by atoms with Crippen LogP contribution in [0.5, 0.6) is 0 Å². The first kappa shape index (κ1) is 11.0. The van der Waals surface area contributed by atoms with Gasteiger partial charge in [-0.1, -0.05) is 5.92 Å². The summed E-state index contributed by atoms with van der Waals surface area (Å²) in [6.45, 7) is 4.77. The van der Waals surface area contributed by atoms with E-state index in [2.05, 4.69) is 28.1 Å². The van der Waals surface area contributed by atoms with E-state index < -0.39 is 0 Å². The molecule has 1 fully saturated rings. The third-order valence-corrected chi connectivity index (χ3v) is 2.35. The fraction of sp³-hybridized carbons (Fsp3) is 0.700. The van der Waals surface area contributed by atoms with Gasteiger partial charge in [-0.15, -0.1) is 6.42 Å². The maximum atomic E-state index is 11.3. The van der Waals surface area contributed by atoms with Crippen molar-refractivity contribution in [2.75, 3.05) is 46.3 Å². The average Bonchev–Trinajstić information content (AvgIpc) is 2.18. The van der Waals surface area contributed by atoms with Gasteiger partial charge in [-0.3, -0.25) is 9.69 Å². The molecule has 0 atom stereocenters. The van der Waals surface area contributed by atoms with Crippen LogP contribution in [0.3, 0.4) is 0 Å². The van der Waals surface area contributed by atoms with Crippen LogP contribution in [0, 0.1) is 12.3 Å². The van der Waals surface area contributed by atoms with Crippen molar-refractivity contribution in [1.82, 2.24) is 15.1 Å². The Labute approximate surface area is 85.2 Å². The minimum absolute atomic E-state index is 0.0208. The molecular weight excluding hydrogens is 178 g/mol. The highest BCUT2D eigenvalue weighted by molar-refractivity contribution is 5.78. The summed E-state index contributed by atoms with van der Waals surface area (Å²) in [5, 5.41) is 2.66. The first-order valence-corrected chi connectivity index (χ1v) is 4.83. The Hall–Kier alpha value is -1.05. The van der Waals surface area contributed by atoms with E-state index >= 15 is 0 Å². The number of nitrogens with zero attached hydrogens (tertiary/aromatic N) is 2. The molecule has 4 nitrogen and oxygen atoms in total. The summed E-state index contributed by atoms with van der Waals surface area (Å²) in [5.74, 6) is 2.41. The summed E-state index contributed by atoms with van der Waals surface area (Å²) < 4.78 is 0. The van der Waals surface area contributed by atoms with E-state index in [1.165, 1.54) is 0 Å². The number of likely N-dealkylation sites (N-methyl/N-ethyl adjacent to an activating group) is 1. The molecule has 1 amide bonds. The first-order chi connectivity index (χ1) is 6.72. The number of carbonyl (C=O) groups excluding carboxylic acids is 1. The van der Waals surface area contributed by atoms with Gasteiger partial charge in [0.15, 0.2) is 0 Å². The summed E-state index contributed by atoms with van der Waals surface area (Å²) >= 11 is 0. The molecule has 0 aliphatic carbocycles. The van der Waals surface area contributed by atoms with E-state index in [0.717, 1.165) is 26.2 Å². The Bertz CT molecular complexity index is 226. The molecule has 4 heteroatoms. The number of hydrogen-bond donors (Lipinski definition) is 1. The Morgan fingerprint density at radius 1 is 1.43 bits per heavy atom. The molecule has 0 bridgehead atoms. The molecule has 1 heterocycles. The highest BCUT2D eigenvalue weighted by Crippen LogP contribution is 1.97. The lowest BCUT2D eigenvalue weighted by Crippen LogP contribution is -2.48. The number of terminal acetylenes is 1. The molecule has 0 aromatic heterocycles. The normalized spacial score (nSPS) is 18.9. The van der Waals surface area contributed by atoms with E-state index in [-0.39, 0.29) is 5.91 Å². The van der Waals surface area contributed by atoms with Gasteiger partial charge in [-0.25, -0.2) is 0 Å². The topological polar surface area (TPSA) is 35.6 Å². The summed E-state index contributed by atoms with van der Waals surface area (Å²) in [6, 6.07) is 0. The zero-order valence-corrected chi connectivity index (χ0v) is 8.62. The van der Waals surface area contributed by atoms with Crippen molar-refractivity contribution in [1.29, 1.82) is 0 Å². The highest BCUT2D eigenvalue weighted by Gasteiger charge is 2.15. The van der Waals surface area contributed by atoms with Crippen molar-refractivity contribution in [2.24, 2.45) is 0 Å². The monoisotopic (exact) mass is 195 g/mol. The fourth-order valence-electron chi connectivity index (χ4n) is 1.41. The van der Waals surface area contributed by atoms with Crippen LogP contribution in [-0.2, 0) is 4.79 Å². The third kappa shape index (κ3) is 3.77. The number of rotatable bonds is 3. The molecular formula is C10H17N3O. The molecule has 78 valence electrons. The second kappa shape index (κ2) is 5.63. The molecule has 0 unspecified atom stereocenters. The van der Waals surface area contributed by atoms with Gasteiger partial charge in [0.1, 0.15) is 0 Å². The fourth-order valence-corrected chi connectivity index (χ4v) is 1.41. The predicted molar refractivity (Wildman–Crippen MR) is 55.8 cm³/mol. The summed E-state index contributed by atoms with van der Waals surface area (Å²) in [6.07, 6.45) is 5.04. The van der Waals surface area contributed by atoms with Crippen LogP contribution < -0.4 is 5.32 Å². The van der Waals surface area contributed by atoms with Crippen molar-refractivity contribution in [2.45, 2.75) is 0 Å². The van der Waals surface area contributed by atoms with E-state index in [1.807, 2.05) is 0 Å². The molecule has 1 saturated heterocycles. The van der Waals surface area contributed by atoms with Crippen molar-refractivity contribution in [3.05, 3.63) is 0 Å². The lowest BCUT2D eigenvalue weighted by molar-refractivity contribution is -0.122. The van der Waals surface area contributed by atoms with Gasteiger partial charge in [0.25, 0.3) is 0 Å². The molecule has 14 heavy (non-hydrogen) atoms. The van der Waals surface area contributed by atoms with Crippen LogP contribution in [-0.4, -0.2) is 62.0 Å². The molecule has 0 saturated carbocycles. The first-order valence-electron chi connectivity index (χ1n) is 4.83. The van der Waals surface area contributed by atoms with Gasteiger partial charge in [-0.2, -0.15) is 0 Å². The predicted octanol–water partition coefficient (Wildman–Crippen LogP) is -1.02. The van der Waals surface area contributed by atoms with Crippen molar-refractivity contribution in [3.63, 3.8) is 0 Å². The van der Waals surface area contributed by atoms with Crippen LogP contribution in [0.2, 0.25) is 0 Å². The summed E-state index contributed by atoms with van der Waals surface area (Å²) in [7, 11) is 2.09. The van der Waals surface area contributed by atoms with E-state index in [9.17, 15) is 4.79 Å². The summed E-state index contributed by atoms with van der Waals surface area (Å²) in [4.78, 5) is 15.7. The standard InChI is InChI=1S/C10H17N3O/c1-3-4-11-10(14)9-13-7-5-12(2)6-8-13/h1H,4-9H2,2H3,(H,11,14). The minimum atomic E-state index is 0.0208. The quantitative estimate of drug-likeness (QED) is 0.586. The highest BCUT2D eigenvalue weighted by atomic mass is 16.2. The number of piperazine rings is 1. The smallest absolute Gasteiger partial charge is 0.234 e. The maximum absolute atomic E-state index is 11.3. The summed E-state index contributed by atoms with van der Waals surface area (Å²) in [5.41, 5.74) is 0. The number of carbonyl (C=O) groups is 1. The van der Waals surface area contributed by atoms with Crippen LogP contribution in [0.15, 0.2) is 0 Å². The molecule has 0 spiro atoms. The van der Waals surface area contributed by atoms with Crippen LogP contribution in [0.1, 0.15) is 0 Å². The SMILES string of the molecule is C#CCNC(=O)CN1CCN(C)CC1. The maximum Gasteiger partial charge on any atom is 0.234 e. The third-order valence-electron chi connectivity index (χ3n) is 2.35. The second-order valence-corrected chi connectivity index (χ2v) is 3.56. The van der Waals surface area contributed by atoms with Gasteiger partial charge in [-0.05, 0) is 7.05 Å². The second-order valence-electron chi connectivity index (χ2n) is 3.56. The van der Waals surface area contributed by atoms with E-state index in [0.29, 0.717) is 13.1 Å². The zero-order valence-electron chi connectivity index (χ0n) is 8.62. The van der Waals surface area contributed by atoms with Gasteiger partial charge in [0.05, 0.1) is 13.1 Å².